The third-order valence-corrected chi connectivity index (χ3v) is 5.95. The predicted octanol–water partition coefficient (Wildman–Crippen LogP) is 6.72. The van der Waals surface area contributed by atoms with Crippen LogP contribution >= 0.6 is 0 Å². The van der Waals surface area contributed by atoms with Crippen molar-refractivity contribution in [2.75, 3.05) is 0 Å². The minimum absolute atomic E-state index is 0.0856. The van der Waals surface area contributed by atoms with E-state index >= 15 is 0 Å². The molecular weight excluding hydrogens is 481 g/mol. The van der Waals surface area contributed by atoms with Gasteiger partial charge in [0.15, 0.2) is 0 Å². The fraction of sp³-hybridized carbons (Fsp3) is 0.292. The number of alkyl halides is 6. The zero-order chi connectivity index (χ0) is 25.9. The van der Waals surface area contributed by atoms with Crippen molar-refractivity contribution in [2.45, 2.75) is 45.3 Å². The van der Waals surface area contributed by atoms with Gasteiger partial charge in [-0.3, -0.25) is 0 Å². The summed E-state index contributed by atoms with van der Waals surface area (Å²) >= 11 is 0. The second-order valence-electron chi connectivity index (χ2n) is 8.34. The number of halogens is 7. The molecule has 0 spiro atoms. The van der Waals surface area contributed by atoms with Gasteiger partial charge in [0.25, 0.3) is 5.60 Å². The molecule has 0 aliphatic heterocycles. The van der Waals surface area contributed by atoms with Crippen LogP contribution in [0.3, 0.4) is 0 Å². The normalized spacial score (nSPS) is 13.1. The Bertz CT molecular complexity index is 1400. The topological polar surface area (TPSA) is 51.2 Å². The Kier molecular flexibility index (Phi) is 5.74. The molecule has 0 aliphatic carbocycles. The average molecular weight is 500 g/mol. The third-order valence-electron chi connectivity index (χ3n) is 5.95. The quantitative estimate of drug-likeness (QED) is 0.317. The van der Waals surface area contributed by atoms with E-state index < -0.39 is 23.5 Å². The number of rotatable bonds is 4. The summed E-state index contributed by atoms with van der Waals surface area (Å²) in [5.41, 5.74) is -4.01. The molecule has 35 heavy (non-hydrogen) atoms. The minimum atomic E-state index is -5.97. The van der Waals surface area contributed by atoms with Crippen LogP contribution in [0.4, 0.5) is 30.7 Å². The van der Waals surface area contributed by atoms with Crippen LogP contribution in [-0.2, 0) is 12.1 Å². The highest BCUT2D eigenvalue weighted by atomic mass is 19.4. The van der Waals surface area contributed by atoms with Gasteiger partial charge in [-0.25, -0.2) is 9.37 Å². The van der Waals surface area contributed by atoms with Gasteiger partial charge in [0.2, 0.25) is 5.89 Å². The summed E-state index contributed by atoms with van der Waals surface area (Å²) in [6.07, 6.45) is -11.9. The second-order valence-corrected chi connectivity index (χ2v) is 8.34. The molecule has 2 heterocycles. The van der Waals surface area contributed by atoms with Gasteiger partial charge in [0.05, 0.1) is 6.54 Å². The maximum absolute atomic E-state index is 13.6. The van der Waals surface area contributed by atoms with E-state index in [1.807, 2.05) is 0 Å². The molecule has 186 valence electrons. The summed E-state index contributed by atoms with van der Waals surface area (Å²) in [6.45, 7) is 5.01. The van der Waals surface area contributed by atoms with Crippen LogP contribution in [0, 0.1) is 26.6 Å². The Hall–Kier alpha value is -3.34. The highest BCUT2D eigenvalue weighted by Crippen LogP contribution is 2.50. The first kappa shape index (κ1) is 24.8. The molecule has 2 aromatic heterocycles. The van der Waals surface area contributed by atoms with E-state index in [9.17, 15) is 35.8 Å². The molecule has 1 N–H and O–H groups in total. The van der Waals surface area contributed by atoms with Crippen LogP contribution in [0.5, 0.6) is 0 Å². The second kappa shape index (κ2) is 8.11. The smallest absolute Gasteiger partial charge is 0.430 e. The van der Waals surface area contributed by atoms with Crippen LogP contribution in [-0.4, -0.2) is 27.0 Å². The molecule has 0 bridgehead atoms. The van der Waals surface area contributed by atoms with Crippen molar-refractivity contribution in [1.29, 1.82) is 0 Å². The first-order valence-corrected chi connectivity index (χ1v) is 10.3. The van der Waals surface area contributed by atoms with Crippen LogP contribution in [0.15, 0.2) is 46.9 Å². The first-order chi connectivity index (χ1) is 16.1. The zero-order valence-corrected chi connectivity index (χ0v) is 18.6. The third kappa shape index (κ3) is 4.07. The molecule has 4 aromatic rings. The summed E-state index contributed by atoms with van der Waals surface area (Å²) in [5.74, 6) is 0.315. The number of aryl methyl sites for hydroxylation is 3. The van der Waals surface area contributed by atoms with Crippen molar-refractivity contribution < 1.29 is 40.3 Å². The molecule has 2 aromatic carbocycles. The van der Waals surface area contributed by atoms with Crippen molar-refractivity contribution in [3.05, 3.63) is 76.6 Å². The van der Waals surface area contributed by atoms with Gasteiger partial charge in [-0.05, 0) is 62.7 Å². The molecule has 11 heteroatoms. The maximum atomic E-state index is 13.6. The molecule has 4 rings (SSSR count). The molecule has 0 saturated carbocycles. The van der Waals surface area contributed by atoms with Gasteiger partial charge in [-0.1, -0.05) is 6.07 Å². The lowest BCUT2D eigenvalue weighted by atomic mass is 9.91. The Morgan fingerprint density at radius 1 is 0.914 bits per heavy atom. The largest absolute Gasteiger partial charge is 0.441 e. The summed E-state index contributed by atoms with van der Waals surface area (Å²) < 4.78 is 101. The molecule has 0 unspecified atom stereocenters. The van der Waals surface area contributed by atoms with Crippen LogP contribution in [0.2, 0.25) is 0 Å². The number of aromatic nitrogens is 2. The Morgan fingerprint density at radius 3 is 2.17 bits per heavy atom. The van der Waals surface area contributed by atoms with Crippen molar-refractivity contribution in [3.8, 4) is 11.5 Å². The van der Waals surface area contributed by atoms with Gasteiger partial charge >= 0.3 is 12.4 Å². The maximum Gasteiger partial charge on any atom is 0.430 e. The summed E-state index contributed by atoms with van der Waals surface area (Å²) in [7, 11) is 0. The lowest BCUT2D eigenvalue weighted by Gasteiger charge is -2.32. The minimum Gasteiger partial charge on any atom is -0.441 e. The van der Waals surface area contributed by atoms with Crippen LogP contribution in [0.25, 0.3) is 22.4 Å². The predicted molar refractivity (Wildman–Crippen MR) is 113 cm³/mol. The summed E-state index contributed by atoms with van der Waals surface area (Å²) in [4.78, 5) is 4.45. The zero-order valence-electron chi connectivity index (χ0n) is 18.6. The molecule has 0 amide bonds. The summed E-state index contributed by atoms with van der Waals surface area (Å²) in [5, 5.41) is 9.79. The van der Waals surface area contributed by atoms with E-state index in [2.05, 4.69) is 4.98 Å². The molecule has 0 saturated heterocycles. The van der Waals surface area contributed by atoms with Crippen molar-refractivity contribution in [2.24, 2.45) is 0 Å². The van der Waals surface area contributed by atoms with Crippen molar-refractivity contribution in [3.63, 3.8) is 0 Å². The lowest BCUT2D eigenvalue weighted by Crippen LogP contribution is -2.53. The van der Waals surface area contributed by atoms with Crippen molar-refractivity contribution in [1.82, 2.24) is 9.55 Å². The number of nitrogens with zero attached hydrogens (tertiary/aromatic N) is 2. The fourth-order valence-electron chi connectivity index (χ4n) is 3.96. The van der Waals surface area contributed by atoms with E-state index in [0.29, 0.717) is 45.9 Å². The molecule has 0 radical (unpaired) electrons. The molecule has 0 fully saturated rings. The molecule has 0 atom stereocenters. The van der Waals surface area contributed by atoms with E-state index in [-0.39, 0.29) is 23.6 Å². The number of hydrogen-bond donors (Lipinski definition) is 1. The van der Waals surface area contributed by atoms with Gasteiger partial charge in [-0.2, -0.15) is 26.3 Å². The Morgan fingerprint density at radius 2 is 1.57 bits per heavy atom. The van der Waals surface area contributed by atoms with E-state index in [4.69, 9.17) is 4.42 Å². The van der Waals surface area contributed by atoms with E-state index in [1.54, 1.807) is 31.4 Å². The van der Waals surface area contributed by atoms with Gasteiger partial charge in [-0.15, -0.1) is 0 Å². The number of oxazole rings is 1. The fourth-order valence-corrected chi connectivity index (χ4v) is 3.96. The number of benzene rings is 2. The van der Waals surface area contributed by atoms with Crippen LogP contribution < -0.4 is 0 Å². The SMILES string of the molecule is Cc1cc(-c2nc(Cn3c(C)cc4cc(C(O)(C(F)(F)F)C(F)(F)F)ccc43)c(C)o2)ccc1F. The van der Waals surface area contributed by atoms with Gasteiger partial charge in [0.1, 0.15) is 17.3 Å². The molecular formula is C24H19F7N2O2. The molecule has 4 nitrogen and oxygen atoms in total. The monoisotopic (exact) mass is 500 g/mol. The first-order valence-electron chi connectivity index (χ1n) is 10.3. The standard InChI is InChI=1S/C24H19F7N2O2/c1-12-8-15(4-6-18(12)25)21-32-19(14(3)35-21)11-33-13(2)9-16-10-17(5-7-20(16)33)22(34,23(26,27)28)24(29,30)31/h4-10,34H,11H2,1-3H3. The summed E-state index contributed by atoms with van der Waals surface area (Å²) in [6, 6.07) is 8.19. The highest BCUT2D eigenvalue weighted by Gasteiger charge is 2.71. The highest BCUT2D eigenvalue weighted by molar-refractivity contribution is 5.82. The van der Waals surface area contributed by atoms with E-state index in [0.717, 1.165) is 6.07 Å². The number of hydrogen-bond acceptors (Lipinski definition) is 3. The lowest BCUT2D eigenvalue weighted by molar-refractivity contribution is -0.376. The van der Waals surface area contributed by atoms with Crippen LogP contribution in [0.1, 0.15) is 28.3 Å². The number of fused-ring (bicyclic) bond motifs is 1. The van der Waals surface area contributed by atoms with Crippen molar-refractivity contribution >= 4 is 10.9 Å². The number of aliphatic hydroxyl groups is 1. The van der Waals surface area contributed by atoms with Gasteiger partial charge in [0, 0.05) is 27.7 Å². The Labute approximate surface area is 194 Å². The Balaban J connectivity index is 1.74. The van der Waals surface area contributed by atoms with E-state index in [1.165, 1.54) is 18.2 Å². The molecule has 0 aliphatic rings. The van der Waals surface area contributed by atoms with Gasteiger partial charge < -0.3 is 14.1 Å². The average Bonchev–Trinajstić information content (AvgIpc) is 3.27.